The summed E-state index contributed by atoms with van der Waals surface area (Å²) in [6.07, 6.45) is 3.35. The average Bonchev–Trinajstić information content (AvgIpc) is 1.93. The molecule has 0 saturated heterocycles. The van der Waals surface area contributed by atoms with Gasteiger partial charge in [-0.25, -0.2) is 0 Å². The quantitative estimate of drug-likeness (QED) is 0.364. The lowest BCUT2D eigenvalue weighted by Gasteiger charge is -1.77. The summed E-state index contributed by atoms with van der Waals surface area (Å²) in [6.45, 7) is 6.72. The van der Waals surface area contributed by atoms with Crippen LogP contribution in [0, 0.1) is 0 Å². The molecule has 0 spiro atoms. The van der Waals surface area contributed by atoms with Gasteiger partial charge in [0.25, 0.3) is 0 Å². The van der Waals surface area contributed by atoms with Crippen LogP contribution >= 0.6 is 15.9 Å². The second-order valence-corrected chi connectivity index (χ2v) is 1.70. The standard InChI is InChI=1S/C5H6BrN.CH3F/c1-3-4-5(6)7-2;1-2/h3-4H,1-2H2;1H3/b5-4-;. The maximum Gasteiger partial charge on any atom is 0.105 e. The monoisotopic (exact) mass is 193 g/mol. The first-order valence-electron chi connectivity index (χ1n) is 2.14. The Hall–Kier alpha value is -0.440. The van der Waals surface area contributed by atoms with Crippen molar-refractivity contribution in [1.82, 2.24) is 0 Å². The first-order valence-corrected chi connectivity index (χ1v) is 2.93. The SMILES string of the molecule is C=C/C=C(/Br)N=C.CF. The van der Waals surface area contributed by atoms with Crippen molar-refractivity contribution in [2.24, 2.45) is 4.99 Å². The van der Waals surface area contributed by atoms with E-state index in [1.165, 1.54) is 0 Å². The highest BCUT2D eigenvalue weighted by Crippen LogP contribution is 2.03. The van der Waals surface area contributed by atoms with E-state index in [0.29, 0.717) is 11.8 Å². The Bertz CT molecular complexity index is 110. The topological polar surface area (TPSA) is 12.4 Å². The fraction of sp³-hybridized carbons (Fsp3) is 0.167. The Balaban J connectivity index is 0. The van der Waals surface area contributed by atoms with Crippen molar-refractivity contribution in [2.75, 3.05) is 7.18 Å². The van der Waals surface area contributed by atoms with Crippen LogP contribution in [0.3, 0.4) is 0 Å². The van der Waals surface area contributed by atoms with Gasteiger partial charge in [-0.2, -0.15) is 0 Å². The third-order valence-electron chi connectivity index (χ3n) is 0.406. The molecule has 0 radical (unpaired) electrons. The minimum atomic E-state index is 0.500. The third-order valence-corrected chi connectivity index (χ3v) is 0.922. The smallest absolute Gasteiger partial charge is 0.105 e. The number of rotatable bonds is 2. The predicted octanol–water partition coefficient (Wildman–Crippen LogP) is 2.70. The van der Waals surface area contributed by atoms with Crippen LogP contribution in [0.25, 0.3) is 0 Å². The summed E-state index contributed by atoms with van der Waals surface area (Å²) >= 11 is 3.10. The van der Waals surface area contributed by atoms with Crippen molar-refractivity contribution >= 4 is 22.6 Å². The first kappa shape index (κ1) is 11.4. The molecule has 0 unspecified atom stereocenters. The summed E-state index contributed by atoms with van der Waals surface area (Å²) in [5.74, 6) is 0. The van der Waals surface area contributed by atoms with Gasteiger partial charge in [0.05, 0.1) is 7.18 Å². The Morgan fingerprint density at radius 1 is 1.67 bits per heavy atom. The number of halogens is 2. The maximum absolute atomic E-state index is 9.50. The van der Waals surface area contributed by atoms with Gasteiger partial charge in [-0.15, -0.1) is 0 Å². The Labute approximate surface area is 63.1 Å². The molecule has 0 heterocycles. The molecule has 0 bridgehead atoms. The molecule has 0 saturated carbocycles. The van der Waals surface area contributed by atoms with Crippen molar-refractivity contribution in [2.45, 2.75) is 0 Å². The van der Waals surface area contributed by atoms with Crippen LogP contribution in [0.4, 0.5) is 4.39 Å². The Morgan fingerprint density at radius 2 is 2.11 bits per heavy atom. The van der Waals surface area contributed by atoms with Gasteiger partial charge in [0.15, 0.2) is 0 Å². The van der Waals surface area contributed by atoms with Crippen molar-refractivity contribution in [1.29, 1.82) is 0 Å². The number of aliphatic imine (C=N–C) groups is 1. The van der Waals surface area contributed by atoms with E-state index >= 15 is 0 Å². The molecule has 0 fully saturated rings. The fourth-order valence-corrected chi connectivity index (χ4v) is 0.337. The largest absolute Gasteiger partial charge is 0.257 e. The molecule has 3 heteroatoms. The van der Waals surface area contributed by atoms with E-state index in [9.17, 15) is 4.39 Å². The zero-order valence-corrected chi connectivity index (χ0v) is 6.86. The van der Waals surface area contributed by atoms with E-state index in [1.54, 1.807) is 12.2 Å². The van der Waals surface area contributed by atoms with E-state index in [2.05, 4.69) is 34.2 Å². The molecule has 0 aliphatic carbocycles. The van der Waals surface area contributed by atoms with Crippen molar-refractivity contribution < 1.29 is 4.39 Å². The number of hydrogen-bond acceptors (Lipinski definition) is 1. The number of alkyl halides is 1. The van der Waals surface area contributed by atoms with Crippen molar-refractivity contribution in [3.63, 3.8) is 0 Å². The van der Waals surface area contributed by atoms with Gasteiger partial charge in [0.2, 0.25) is 0 Å². The number of allylic oxidation sites excluding steroid dienone is 2. The Morgan fingerprint density at radius 3 is 2.22 bits per heavy atom. The molecule has 9 heavy (non-hydrogen) atoms. The zero-order chi connectivity index (χ0) is 7.70. The molecule has 1 nitrogen and oxygen atoms in total. The molecule has 0 rings (SSSR count). The zero-order valence-electron chi connectivity index (χ0n) is 5.27. The summed E-state index contributed by atoms with van der Waals surface area (Å²) in [4.78, 5) is 3.53. The van der Waals surface area contributed by atoms with Gasteiger partial charge in [-0.05, 0) is 28.7 Å². The molecule has 0 amide bonds. The van der Waals surface area contributed by atoms with Crippen LogP contribution in [0.1, 0.15) is 0 Å². The van der Waals surface area contributed by atoms with Gasteiger partial charge in [0.1, 0.15) is 4.61 Å². The van der Waals surface area contributed by atoms with E-state index in [4.69, 9.17) is 0 Å². The van der Waals surface area contributed by atoms with Crippen LogP contribution in [0.5, 0.6) is 0 Å². The third kappa shape index (κ3) is 11.2. The minimum Gasteiger partial charge on any atom is -0.257 e. The van der Waals surface area contributed by atoms with Crippen LogP contribution < -0.4 is 0 Å². The molecule has 0 aromatic rings. The lowest BCUT2D eigenvalue weighted by Crippen LogP contribution is -1.53. The molecule has 52 valence electrons. The highest BCUT2D eigenvalue weighted by Gasteiger charge is 1.73. The van der Waals surface area contributed by atoms with Crippen molar-refractivity contribution in [3.05, 3.63) is 23.3 Å². The van der Waals surface area contributed by atoms with Crippen LogP contribution in [0.15, 0.2) is 28.3 Å². The molecule has 0 aromatic carbocycles. The minimum absolute atomic E-state index is 0.500. The maximum atomic E-state index is 9.50. The van der Waals surface area contributed by atoms with Gasteiger partial charge < -0.3 is 0 Å². The predicted molar refractivity (Wildman–Crippen MR) is 43.8 cm³/mol. The highest BCUT2D eigenvalue weighted by atomic mass is 79.9. The van der Waals surface area contributed by atoms with Gasteiger partial charge in [-0.1, -0.05) is 12.7 Å². The van der Waals surface area contributed by atoms with E-state index in [1.807, 2.05) is 0 Å². The lowest BCUT2D eigenvalue weighted by molar-refractivity contribution is 0.636. The summed E-state index contributed by atoms with van der Waals surface area (Å²) in [7, 11) is 0.500. The van der Waals surface area contributed by atoms with E-state index in [-0.39, 0.29) is 0 Å². The normalized spacial score (nSPS) is 9.00. The van der Waals surface area contributed by atoms with Gasteiger partial charge in [-0.3, -0.25) is 9.38 Å². The van der Waals surface area contributed by atoms with Crippen LogP contribution in [-0.2, 0) is 0 Å². The van der Waals surface area contributed by atoms with E-state index < -0.39 is 0 Å². The van der Waals surface area contributed by atoms with Gasteiger partial charge in [0, 0.05) is 0 Å². The summed E-state index contributed by atoms with van der Waals surface area (Å²) in [5.41, 5.74) is 0. The molecule has 0 N–H and O–H groups in total. The summed E-state index contributed by atoms with van der Waals surface area (Å²) in [6, 6.07) is 0. The molecule has 0 atom stereocenters. The second kappa shape index (κ2) is 10.5. The van der Waals surface area contributed by atoms with Gasteiger partial charge >= 0.3 is 0 Å². The summed E-state index contributed by atoms with van der Waals surface area (Å²) < 4.78 is 10.2. The second-order valence-electron chi connectivity index (χ2n) is 0.883. The molecule has 0 aliphatic rings. The van der Waals surface area contributed by atoms with Crippen LogP contribution in [-0.4, -0.2) is 13.9 Å². The number of hydrogen-bond donors (Lipinski definition) is 0. The highest BCUT2D eigenvalue weighted by molar-refractivity contribution is 9.11. The molecular weight excluding hydrogens is 185 g/mol. The fourth-order valence-electron chi connectivity index (χ4n) is 0.150. The van der Waals surface area contributed by atoms with E-state index in [0.717, 1.165) is 0 Å². The first-order chi connectivity index (χ1) is 4.31. The molecule has 0 aromatic heterocycles. The van der Waals surface area contributed by atoms with Crippen molar-refractivity contribution in [3.8, 4) is 0 Å². The molecule has 0 aliphatic heterocycles. The lowest BCUT2D eigenvalue weighted by atomic mass is 10.6. The number of nitrogens with zero attached hydrogens (tertiary/aromatic N) is 1. The van der Waals surface area contributed by atoms with Crippen LogP contribution in [0.2, 0.25) is 0 Å². The molecular formula is C6H9BrFN. The Kier molecular flexibility index (Phi) is 13.3. The summed E-state index contributed by atoms with van der Waals surface area (Å²) in [5, 5.41) is 0. The average molecular weight is 194 g/mol.